The molecule has 0 aliphatic carbocycles. The Morgan fingerprint density at radius 1 is 1.16 bits per heavy atom. The predicted octanol–water partition coefficient (Wildman–Crippen LogP) is 2.51. The zero-order valence-corrected chi connectivity index (χ0v) is 14.2. The first-order valence-electron chi connectivity index (χ1n) is 7.49. The monoisotopic (exact) mass is 346 g/mol. The number of benzene rings is 2. The van der Waals surface area contributed by atoms with E-state index in [1.165, 1.54) is 33.4 Å². The number of hydrogen-bond acceptors (Lipinski definition) is 5. The minimum absolute atomic E-state index is 0.00461. The van der Waals surface area contributed by atoms with Crippen LogP contribution in [0.4, 0.5) is 4.39 Å². The Morgan fingerprint density at radius 2 is 1.92 bits per heavy atom. The van der Waals surface area contributed by atoms with Crippen LogP contribution in [0.1, 0.15) is 11.1 Å². The van der Waals surface area contributed by atoms with Gasteiger partial charge in [-0.15, -0.1) is 0 Å². The van der Waals surface area contributed by atoms with E-state index in [0.29, 0.717) is 11.1 Å². The summed E-state index contributed by atoms with van der Waals surface area (Å²) in [5, 5.41) is 6.29. The topological polar surface area (TPSA) is 69.2 Å². The van der Waals surface area contributed by atoms with Crippen LogP contribution in [-0.4, -0.2) is 32.9 Å². The molecule has 0 saturated carbocycles. The summed E-state index contributed by atoms with van der Waals surface area (Å²) in [6, 6.07) is 11.4. The van der Waals surface area contributed by atoms with E-state index in [4.69, 9.17) is 14.3 Å². The van der Waals surface area contributed by atoms with Gasteiger partial charge >= 0.3 is 0 Å². The summed E-state index contributed by atoms with van der Waals surface area (Å²) < 4.78 is 24.7. The highest BCUT2D eigenvalue weighted by Gasteiger charge is 2.18. The smallest absolute Gasteiger partial charge is 0.273 e. The summed E-state index contributed by atoms with van der Waals surface area (Å²) in [6.07, 6.45) is 0. The Hall–Kier alpha value is -3.09. The lowest BCUT2D eigenvalue weighted by atomic mass is 10.0. The Kier molecular flexibility index (Phi) is 6.33. The van der Waals surface area contributed by atoms with Gasteiger partial charge in [0.2, 0.25) is 0 Å². The fourth-order valence-corrected chi connectivity index (χ4v) is 2.24. The van der Waals surface area contributed by atoms with Crippen molar-refractivity contribution in [2.75, 3.05) is 21.3 Å². The molecular formula is C18H19FN2O4. The number of nitrogens with zero attached hydrogens (tertiary/aromatic N) is 1. The van der Waals surface area contributed by atoms with Gasteiger partial charge in [-0.05, 0) is 17.7 Å². The Balaban J connectivity index is 2.33. The Labute approximate surface area is 145 Å². The van der Waals surface area contributed by atoms with Gasteiger partial charge in [-0.1, -0.05) is 35.5 Å². The molecule has 0 atom stereocenters. The summed E-state index contributed by atoms with van der Waals surface area (Å²) in [4.78, 5) is 16.8. The molecule has 0 spiro atoms. The molecule has 0 radical (unpaired) electrons. The molecule has 6 nitrogen and oxygen atoms in total. The first kappa shape index (κ1) is 18.3. The second-order valence-corrected chi connectivity index (χ2v) is 4.92. The van der Waals surface area contributed by atoms with Gasteiger partial charge in [0, 0.05) is 12.6 Å². The number of para-hydroxylation sites is 1. The second-order valence-electron chi connectivity index (χ2n) is 4.92. The molecule has 0 bridgehead atoms. The molecule has 0 aliphatic heterocycles. The van der Waals surface area contributed by atoms with E-state index < -0.39 is 11.7 Å². The number of ether oxygens (including phenoxy) is 2. The van der Waals surface area contributed by atoms with Gasteiger partial charge < -0.3 is 19.6 Å². The average molecular weight is 346 g/mol. The molecule has 2 aromatic rings. The van der Waals surface area contributed by atoms with Crippen molar-refractivity contribution in [2.24, 2.45) is 5.16 Å². The van der Waals surface area contributed by atoms with Crippen molar-refractivity contribution in [2.45, 2.75) is 6.61 Å². The van der Waals surface area contributed by atoms with E-state index in [-0.39, 0.29) is 23.8 Å². The highest BCUT2D eigenvalue weighted by molar-refractivity contribution is 6.45. The van der Waals surface area contributed by atoms with Gasteiger partial charge in [0.25, 0.3) is 5.91 Å². The van der Waals surface area contributed by atoms with E-state index in [9.17, 15) is 9.18 Å². The van der Waals surface area contributed by atoms with Crippen molar-refractivity contribution in [3.8, 4) is 11.5 Å². The fourth-order valence-electron chi connectivity index (χ4n) is 2.24. The summed E-state index contributed by atoms with van der Waals surface area (Å²) in [7, 11) is 4.29. The zero-order valence-electron chi connectivity index (χ0n) is 14.2. The van der Waals surface area contributed by atoms with Gasteiger partial charge in [0.15, 0.2) is 23.0 Å². The number of amides is 1. The van der Waals surface area contributed by atoms with Crippen molar-refractivity contribution >= 4 is 11.6 Å². The van der Waals surface area contributed by atoms with E-state index in [0.717, 1.165) is 0 Å². The maximum absolute atomic E-state index is 14.0. The minimum Gasteiger partial charge on any atom is -0.493 e. The zero-order chi connectivity index (χ0) is 18.2. The van der Waals surface area contributed by atoms with Crippen LogP contribution in [0.25, 0.3) is 0 Å². The van der Waals surface area contributed by atoms with E-state index in [2.05, 4.69) is 10.5 Å². The van der Waals surface area contributed by atoms with Crippen LogP contribution >= 0.6 is 0 Å². The standard InChI is InChI=1S/C18H19FN2O4/c1-20-18(22)16(21-24-3)13-8-5-4-7-12(13)11-25-17-14(19)9-6-10-15(17)23-2/h4-10H,11H2,1-3H3,(H,20,22)/b21-16-. The van der Waals surface area contributed by atoms with Crippen molar-refractivity contribution in [1.29, 1.82) is 0 Å². The highest BCUT2D eigenvalue weighted by Crippen LogP contribution is 2.30. The summed E-state index contributed by atoms with van der Waals surface area (Å²) in [5.41, 5.74) is 1.27. The van der Waals surface area contributed by atoms with Crippen LogP contribution in [0.2, 0.25) is 0 Å². The van der Waals surface area contributed by atoms with Crippen LogP contribution in [0.3, 0.4) is 0 Å². The van der Waals surface area contributed by atoms with E-state index >= 15 is 0 Å². The lowest BCUT2D eigenvalue weighted by Crippen LogP contribution is -2.29. The number of hydrogen-bond donors (Lipinski definition) is 1. The maximum Gasteiger partial charge on any atom is 0.273 e. The third kappa shape index (κ3) is 4.26. The molecule has 1 N–H and O–H groups in total. The first-order valence-corrected chi connectivity index (χ1v) is 7.49. The molecule has 0 saturated heterocycles. The van der Waals surface area contributed by atoms with Crippen LogP contribution in [0.15, 0.2) is 47.6 Å². The molecule has 132 valence electrons. The number of halogens is 1. The Morgan fingerprint density at radius 3 is 2.60 bits per heavy atom. The van der Waals surface area contributed by atoms with Crippen molar-refractivity contribution in [1.82, 2.24) is 5.32 Å². The Bertz CT molecular complexity index is 777. The first-order chi connectivity index (χ1) is 12.1. The van der Waals surface area contributed by atoms with E-state index in [1.807, 2.05) is 0 Å². The lowest BCUT2D eigenvalue weighted by molar-refractivity contribution is -0.114. The van der Waals surface area contributed by atoms with E-state index in [1.54, 1.807) is 30.3 Å². The summed E-state index contributed by atoms with van der Waals surface area (Å²) in [5.74, 6) is -0.647. The second kappa shape index (κ2) is 8.68. The fraction of sp³-hybridized carbons (Fsp3) is 0.222. The number of carbonyl (C=O) groups excluding carboxylic acids is 1. The highest BCUT2D eigenvalue weighted by atomic mass is 19.1. The molecule has 0 fully saturated rings. The molecule has 2 aromatic carbocycles. The summed E-state index contributed by atoms with van der Waals surface area (Å²) >= 11 is 0. The molecule has 2 rings (SSSR count). The van der Waals surface area contributed by atoms with Crippen LogP contribution in [0.5, 0.6) is 11.5 Å². The predicted molar refractivity (Wildman–Crippen MR) is 91.3 cm³/mol. The normalized spacial score (nSPS) is 11.0. The van der Waals surface area contributed by atoms with Gasteiger partial charge in [-0.25, -0.2) is 4.39 Å². The van der Waals surface area contributed by atoms with Crippen molar-refractivity contribution in [3.05, 3.63) is 59.4 Å². The van der Waals surface area contributed by atoms with Gasteiger partial charge in [0.1, 0.15) is 13.7 Å². The molecule has 0 aromatic heterocycles. The van der Waals surface area contributed by atoms with Crippen LogP contribution < -0.4 is 14.8 Å². The summed E-state index contributed by atoms with van der Waals surface area (Å²) in [6.45, 7) is 0.0210. The third-order valence-electron chi connectivity index (χ3n) is 3.42. The lowest BCUT2D eigenvalue weighted by Gasteiger charge is -2.14. The molecule has 0 unspecified atom stereocenters. The maximum atomic E-state index is 14.0. The molecular weight excluding hydrogens is 327 g/mol. The number of carbonyl (C=O) groups is 1. The van der Waals surface area contributed by atoms with Gasteiger partial charge in [0.05, 0.1) is 7.11 Å². The third-order valence-corrected chi connectivity index (χ3v) is 3.42. The number of nitrogens with one attached hydrogen (secondary N) is 1. The molecule has 7 heteroatoms. The number of methoxy groups -OCH3 is 1. The largest absolute Gasteiger partial charge is 0.493 e. The average Bonchev–Trinajstić information content (AvgIpc) is 2.64. The number of rotatable bonds is 7. The van der Waals surface area contributed by atoms with Crippen molar-refractivity contribution in [3.63, 3.8) is 0 Å². The quantitative estimate of drug-likeness (QED) is 0.618. The molecule has 25 heavy (non-hydrogen) atoms. The van der Waals surface area contributed by atoms with Crippen LogP contribution in [0, 0.1) is 5.82 Å². The molecule has 0 aliphatic rings. The number of oxime groups is 1. The van der Waals surface area contributed by atoms with Crippen LogP contribution in [-0.2, 0) is 16.2 Å². The SMILES string of the molecule is CNC(=O)/C(=N\OC)c1ccccc1COc1c(F)cccc1OC. The van der Waals surface area contributed by atoms with Crippen molar-refractivity contribution < 1.29 is 23.5 Å². The van der Waals surface area contributed by atoms with Gasteiger partial charge in [-0.3, -0.25) is 4.79 Å². The van der Waals surface area contributed by atoms with Gasteiger partial charge in [-0.2, -0.15) is 0 Å². The molecule has 1 amide bonds. The number of likely N-dealkylation sites (N-methyl/N-ethyl adjacent to an activating group) is 1. The minimum atomic E-state index is -0.533. The molecule has 0 heterocycles.